The Morgan fingerprint density at radius 1 is 1.08 bits per heavy atom. The molecule has 3 aliphatic rings. The monoisotopic (exact) mass is 519 g/mol. The van der Waals surface area contributed by atoms with Crippen LogP contribution in [-0.4, -0.2) is 75.0 Å². The van der Waals surface area contributed by atoms with Crippen LogP contribution in [0.2, 0.25) is 0 Å². The molecule has 0 unspecified atom stereocenters. The minimum Gasteiger partial charge on any atom is -0.432 e. The Labute approximate surface area is 215 Å². The molecule has 0 bridgehead atoms. The summed E-state index contributed by atoms with van der Waals surface area (Å²) in [7, 11) is -0.716. The highest BCUT2D eigenvalue weighted by Crippen LogP contribution is 2.39. The molecule has 0 amide bonds. The van der Waals surface area contributed by atoms with Crippen LogP contribution in [0.1, 0.15) is 16.7 Å². The molecule has 3 aromatic heterocycles. The fraction of sp³-hybridized carbons (Fsp3) is 0.370. The Balaban J connectivity index is 1.38. The predicted octanol–water partition coefficient (Wildman–Crippen LogP) is 3.71. The maximum atomic E-state index is 14.9. The smallest absolute Gasteiger partial charge is 0.229 e. The third-order valence-corrected chi connectivity index (χ3v) is 8.60. The first-order chi connectivity index (χ1) is 18.1. The third kappa shape index (κ3) is 4.13. The number of hydrogen-bond acceptors (Lipinski definition) is 8. The van der Waals surface area contributed by atoms with E-state index in [-0.39, 0.29) is 5.83 Å². The summed E-state index contributed by atoms with van der Waals surface area (Å²) in [5.74, 6) is 2.34. The number of rotatable bonds is 4. The Morgan fingerprint density at radius 3 is 2.76 bits per heavy atom. The van der Waals surface area contributed by atoms with E-state index >= 15 is 0 Å². The molecule has 37 heavy (non-hydrogen) atoms. The second-order valence-electron chi connectivity index (χ2n) is 9.67. The lowest BCUT2D eigenvalue weighted by atomic mass is 10.0. The molecule has 1 aromatic carbocycles. The molecule has 0 spiro atoms. The van der Waals surface area contributed by atoms with Crippen LogP contribution in [-0.2, 0) is 28.5 Å². The van der Waals surface area contributed by atoms with Crippen molar-refractivity contribution in [2.45, 2.75) is 13.0 Å². The molecule has 190 valence electrons. The number of pyridine rings is 1. The van der Waals surface area contributed by atoms with Crippen molar-refractivity contribution in [3.63, 3.8) is 0 Å². The molecule has 1 aliphatic carbocycles. The first-order valence-electron chi connectivity index (χ1n) is 12.6. The van der Waals surface area contributed by atoms with Gasteiger partial charge in [-0.05, 0) is 29.7 Å². The summed E-state index contributed by atoms with van der Waals surface area (Å²) in [6.45, 7) is 4.90. The quantitative estimate of drug-likeness (QED) is 0.404. The summed E-state index contributed by atoms with van der Waals surface area (Å²) >= 11 is 0. The molecule has 0 N–H and O–H groups in total. The number of hydrogen-bond donors (Lipinski definition) is 0. The molecule has 7 rings (SSSR count). The number of ether oxygens (including phenoxy) is 1. The van der Waals surface area contributed by atoms with Gasteiger partial charge in [0.25, 0.3) is 0 Å². The summed E-state index contributed by atoms with van der Waals surface area (Å²) < 4.78 is 38.4. The van der Waals surface area contributed by atoms with Crippen LogP contribution >= 0.6 is 0 Å². The van der Waals surface area contributed by atoms with Gasteiger partial charge in [-0.1, -0.05) is 18.2 Å². The first-order valence-corrected chi connectivity index (χ1v) is 14.1. The van der Waals surface area contributed by atoms with Gasteiger partial charge in [0.15, 0.2) is 17.2 Å². The molecule has 8 nitrogen and oxygen atoms in total. The lowest BCUT2D eigenvalue weighted by Crippen LogP contribution is -2.37. The highest BCUT2D eigenvalue weighted by atomic mass is 32.2. The van der Waals surface area contributed by atoms with E-state index in [4.69, 9.17) is 19.1 Å². The molecule has 2 saturated heterocycles. The largest absolute Gasteiger partial charge is 0.432 e. The van der Waals surface area contributed by atoms with E-state index in [1.54, 1.807) is 6.08 Å². The third-order valence-electron chi connectivity index (χ3n) is 7.33. The van der Waals surface area contributed by atoms with Crippen molar-refractivity contribution in [1.29, 1.82) is 0 Å². The van der Waals surface area contributed by atoms with Crippen molar-refractivity contribution in [3.8, 4) is 11.4 Å². The van der Waals surface area contributed by atoms with E-state index in [1.807, 2.05) is 24.4 Å². The van der Waals surface area contributed by atoms with Crippen LogP contribution < -0.4 is 4.90 Å². The minimum absolute atomic E-state index is 0.231. The number of anilines is 1. The SMILES string of the molecule is O=S1CCN(Cc2cnc3oc4c(N5CCOCC5)nc(-c5cccc6c5C(F)=CC6)nc4c3c2)CC1. The summed E-state index contributed by atoms with van der Waals surface area (Å²) in [4.78, 5) is 18.9. The summed E-state index contributed by atoms with van der Waals surface area (Å²) in [5.41, 5.74) is 5.01. The van der Waals surface area contributed by atoms with E-state index < -0.39 is 10.8 Å². The minimum atomic E-state index is -0.716. The molecular weight excluding hydrogens is 493 g/mol. The van der Waals surface area contributed by atoms with Crippen LogP contribution in [0.5, 0.6) is 0 Å². The Morgan fingerprint density at radius 2 is 1.92 bits per heavy atom. The highest BCUT2D eigenvalue weighted by Gasteiger charge is 2.26. The molecule has 0 saturated carbocycles. The number of morpholine rings is 1. The van der Waals surface area contributed by atoms with Crippen molar-refractivity contribution < 1.29 is 17.8 Å². The zero-order valence-electron chi connectivity index (χ0n) is 20.3. The van der Waals surface area contributed by atoms with Crippen LogP contribution in [0.4, 0.5) is 10.2 Å². The number of nitrogens with zero attached hydrogens (tertiary/aromatic N) is 5. The Bertz CT molecular complexity index is 1570. The van der Waals surface area contributed by atoms with Gasteiger partial charge in [0, 0.05) is 72.4 Å². The fourth-order valence-corrected chi connectivity index (χ4v) is 6.51. The molecule has 2 aliphatic heterocycles. The average Bonchev–Trinajstić information content (AvgIpc) is 3.50. The standard InChI is InChI=1S/C27H26FN5O3S/c28-21-5-4-18-2-1-3-19(22(18)21)25-30-23-20-14-17(16-32-8-12-37(34)13-9-32)15-29-27(20)36-24(23)26(31-25)33-6-10-35-11-7-33/h1-3,5,14-15H,4,6-13,16H2. The van der Waals surface area contributed by atoms with E-state index in [0.29, 0.717) is 83.8 Å². The second-order valence-corrected chi connectivity index (χ2v) is 11.4. The Kier molecular flexibility index (Phi) is 5.75. The van der Waals surface area contributed by atoms with E-state index in [2.05, 4.69) is 20.9 Å². The van der Waals surface area contributed by atoms with Gasteiger partial charge in [-0.3, -0.25) is 9.11 Å². The normalized spacial score (nSPS) is 19.1. The molecular formula is C27H26FN5O3S. The van der Waals surface area contributed by atoms with Gasteiger partial charge < -0.3 is 14.1 Å². The maximum absolute atomic E-state index is 14.9. The van der Waals surface area contributed by atoms with Crippen molar-refractivity contribution >= 4 is 44.6 Å². The number of halogens is 1. The number of furan rings is 1. The van der Waals surface area contributed by atoms with Crippen molar-refractivity contribution in [3.05, 3.63) is 53.2 Å². The fourth-order valence-electron chi connectivity index (χ4n) is 5.39. The number of allylic oxidation sites excluding steroid dienone is 1. The summed E-state index contributed by atoms with van der Waals surface area (Å²) in [6.07, 6.45) is 4.01. The topological polar surface area (TPSA) is 84.6 Å². The molecule has 5 heterocycles. The molecule has 2 fully saturated rings. The average molecular weight is 520 g/mol. The van der Waals surface area contributed by atoms with Gasteiger partial charge in [0.2, 0.25) is 5.71 Å². The van der Waals surface area contributed by atoms with Crippen LogP contribution in [0.15, 0.2) is 41.0 Å². The van der Waals surface area contributed by atoms with E-state index in [1.165, 1.54) is 0 Å². The maximum Gasteiger partial charge on any atom is 0.229 e. The predicted molar refractivity (Wildman–Crippen MR) is 142 cm³/mol. The second kappa shape index (κ2) is 9.27. The number of benzene rings is 1. The zero-order valence-corrected chi connectivity index (χ0v) is 21.1. The van der Waals surface area contributed by atoms with Gasteiger partial charge >= 0.3 is 0 Å². The van der Waals surface area contributed by atoms with Gasteiger partial charge in [0.05, 0.1) is 18.6 Å². The molecule has 4 aromatic rings. The Hall–Kier alpha value is -3.21. The van der Waals surface area contributed by atoms with Gasteiger partial charge in [0.1, 0.15) is 11.3 Å². The van der Waals surface area contributed by atoms with Crippen LogP contribution in [0.3, 0.4) is 0 Å². The van der Waals surface area contributed by atoms with Crippen LogP contribution in [0, 0.1) is 0 Å². The highest BCUT2D eigenvalue weighted by molar-refractivity contribution is 7.85. The molecule has 0 atom stereocenters. The van der Waals surface area contributed by atoms with Crippen LogP contribution in [0.25, 0.3) is 39.4 Å². The number of aromatic nitrogens is 3. The zero-order chi connectivity index (χ0) is 24.9. The van der Waals surface area contributed by atoms with Gasteiger partial charge in [-0.15, -0.1) is 0 Å². The summed E-state index contributed by atoms with van der Waals surface area (Å²) in [6, 6.07) is 7.84. The van der Waals surface area contributed by atoms with Gasteiger partial charge in [-0.2, -0.15) is 0 Å². The van der Waals surface area contributed by atoms with E-state index in [9.17, 15) is 8.60 Å². The molecule has 0 radical (unpaired) electrons. The van der Waals surface area contributed by atoms with Crippen molar-refractivity contribution in [1.82, 2.24) is 19.9 Å². The first kappa shape index (κ1) is 22.9. The molecule has 10 heteroatoms. The van der Waals surface area contributed by atoms with E-state index in [0.717, 1.165) is 36.1 Å². The lowest BCUT2D eigenvalue weighted by molar-refractivity contribution is 0.122. The number of fused-ring (bicyclic) bond motifs is 4. The lowest BCUT2D eigenvalue weighted by Gasteiger charge is -2.28. The van der Waals surface area contributed by atoms with Crippen molar-refractivity contribution in [2.24, 2.45) is 0 Å². The van der Waals surface area contributed by atoms with Gasteiger partial charge in [-0.25, -0.2) is 19.3 Å². The summed E-state index contributed by atoms with van der Waals surface area (Å²) in [5, 5.41) is 0.815. The van der Waals surface area contributed by atoms with Crippen molar-refractivity contribution in [2.75, 3.05) is 55.8 Å².